The third-order valence-electron chi connectivity index (χ3n) is 2.51. The molecule has 0 aromatic heterocycles. The molecular formula is C11H12N2O3S. The summed E-state index contributed by atoms with van der Waals surface area (Å²) in [6.07, 6.45) is 5.16. The molecule has 2 rings (SSSR count). The highest BCUT2D eigenvalue weighted by molar-refractivity contribution is 7.89. The minimum absolute atomic E-state index is 0.264. The Morgan fingerprint density at radius 3 is 3.00 bits per heavy atom. The fraction of sp³-hybridized carbons (Fsp3) is 0.273. The minimum Gasteiger partial charge on any atom is -0.495 e. The van der Waals surface area contributed by atoms with Crippen molar-refractivity contribution in [1.82, 2.24) is 4.72 Å². The summed E-state index contributed by atoms with van der Waals surface area (Å²) in [6, 6.07) is 3.24. The first kappa shape index (κ1) is 11.8. The van der Waals surface area contributed by atoms with Crippen molar-refractivity contribution in [2.24, 2.45) is 0 Å². The van der Waals surface area contributed by atoms with Crippen LogP contribution in [0.3, 0.4) is 0 Å². The van der Waals surface area contributed by atoms with E-state index >= 15 is 0 Å². The number of fused-ring (bicyclic) bond motifs is 1. The normalized spacial score (nSPS) is 16.0. The zero-order valence-corrected chi connectivity index (χ0v) is 10.1. The van der Waals surface area contributed by atoms with Gasteiger partial charge in [-0.3, -0.25) is 0 Å². The zero-order chi connectivity index (χ0) is 12.5. The largest absolute Gasteiger partial charge is 0.495 e. The fourth-order valence-corrected chi connectivity index (χ4v) is 2.94. The second-order valence-corrected chi connectivity index (χ2v) is 5.28. The smallest absolute Gasteiger partial charge is 0.241 e. The van der Waals surface area contributed by atoms with Gasteiger partial charge in [-0.2, -0.15) is 0 Å². The zero-order valence-electron chi connectivity index (χ0n) is 9.28. The van der Waals surface area contributed by atoms with Gasteiger partial charge in [0.2, 0.25) is 10.0 Å². The Balaban J connectivity index is 2.49. The van der Waals surface area contributed by atoms with Crippen LogP contribution >= 0.6 is 0 Å². The van der Waals surface area contributed by atoms with Gasteiger partial charge in [0.25, 0.3) is 0 Å². The van der Waals surface area contributed by atoms with Crippen LogP contribution in [0.4, 0.5) is 5.69 Å². The molecule has 2 N–H and O–H groups in total. The van der Waals surface area contributed by atoms with Crippen molar-refractivity contribution in [3.63, 3.8) is 0 Å². The lowest BCUT2D eigenvalue weighted by atomic mass is 10.2. The molecule has 0 atom stereocenters. The molecule has 6 heteroatoms. The second-order valence-electron chi connectivity index (χ2n) is 3.54. The molecule has 0 radical (unpaired) electrons. The van der Waals surface area contributed by atoms with Crippen LogP contribution in [0.15, 0.2) is 17.0 Å². The highest BCUT2D eigenvalue weighted by Gasteiger charge is 2.27. The quantitative estimate of drug-likeness (QED) is 0.770. The van der Waals surface area contributed by atoms with Crippen molar-refractivity contribution in [3.8, 4) is 18.1 Å². The summed E-state index contributed by atoms with van der Waals surface area (Å²) < 4.78 is 30.8. The van der Waals surface area contributed by atoms with Crippen LogP contribution in [-0.2, 0) is 16.6 Å². The lowest BCUT2D eigenvalue weighted by molar-refractivity contribution is 0.415. The Labute approximate surface area is 100 Å². The summed E-state index contributed by atoms with van der Waals surface area (Å²) in [5.41, 5.74) is 1.41. The molecule has 17 heavy (non-hydrogen) atoms. The summed E-state index contributed by atoms with van der Waals surface area (Å²) in [7, 11) is -1.89. The lowest BCUT2D eigenvalue weighted by Gasteiger charge is -2.11. The SMILES string of the molecule is C#CCNc1cc2c(cc1OC)S(=O)(=O)NC2. The Kier molecular flexibility index (Phi) is 2.96. The van der Waals surface area contributed by atoms with Crippen molar-refractivity contribution in [3.05, 3.63) is 17.7 Å². The maximum absolute atomic E-state index is 11.6. The van der Waals surface area contributed by atoms with Crippen LogP contribution < -0.4 is 14.8 Å². The third kappa shape index (κ3) is 2.07. The highest BCUT2D eigenvalue weighted by atomic mass is 32.2. The monoisotopic (exact) mass is 252 g/mol. The molecule has 0 saturated heterocycles. The predicted molar refractivity (Wildman–Crippen MR) is 64.3 cm³/mol. The molecule has 1 heterocycles. The average Bonchev–Trinajstić information content (AvgIpc) is 2.61. The summed E-state index contributed by atoms with van der Waals surface area (Å²) in [5, 5.41) is 2.99. The average molecular weight is 252 g/mol. The van der Waals surface area contributed by atoms with Gasteiger partial charge < -0.3 is 10.1 Å². The van der Waals surface area contributed by atoms with Crippen LogP contribution in [-0.4, -0.2) is 22.1 Å². The minimum atomic E-state index is -3.37. The van der Waals surface area contributed by atoms with Crippen LogP contribution in [0.1, 0.15) is 5.56 Å². The van der Waals surface area contributed by atoms with E-state index in [0.29, 0.717) is 30.1 Å². The Morgan fingerprint density at radius 2 is 2.35 bits per heavy atom. The Hall–Kier alpha value is -1.71. The van der Waals surface area contributed by atoms with Gasteiger partial charge in [0.15, 0.2) is 0 Å². The molecule has 1 aliphatic rings. The molecule has 90 valence electrons. The van der Waals surface area contributed by atoms with E-state index in [1.807, 2.05) is 0 Å². The number of benzene rings is 1. The molecule has 0 spiro atoms. The topological polar surface area (TPSA) is 67.4 Å². The molecule has 0 amide bonds. The van der Waals surface area contributed by atoms with Crippen LogP contribution in [0.2, 0.25) is 0 Å². The standard InChI is InChI=1S/C11H12N2O3S/c1-3-4-12-9-5-8-7-13-17(14,15)11(8)6-10(9)16-2/h1,5-6,12-13H,4,7H2,2H3. The first-order valence-corrected chi connectivity index (χ1v) is 6.44. The fourth-order valence-electron chi connectivity index (χ4n) is 1.70. The van der Waals surface area contributed by atoms with Gasteiger partial charge in [0.1, 0.15) is 5.75 Å². The van der Waals surface area contributed by atoms with Crippen molar-refractivity contribution in [2.75, 3.05) is 19.0 Å². The molecule has 0 bridgehead atoms. The van der Waals surface area contributed by atoms with Gasteiger partial charge in [0, 0.05) is 12.6 Å². The van der Waals surface area contributed by atoms with Crippen LogP contribution in [0.5, 0.6) is 5.75 Å². The van der Waals surface area contributed by atoms with E-state index in [-0.39, 0.29) is 4.90 Å². The van der Waals surface area contributed by atoms with Crippen molar-refractivity contribution in [2.45, 2.75) is 11.4 Å². The number of nitrogens with one attached hydrogen (secondary N) is 2. The number of hydrogen-bond acceptors (Lipinski definition) is 4. The van der Waals surface area contributed by atoms with Gasteiger partial charge in [-0.1, -0.05) is 5.92 Å². The first-order valence-electron chi connectivity index (χ1n) is 4.96. The van der Waals surface area contributed by atoms with Gasteiger partial charge in [0.05, 0.1) is 24.2 Å². The maximum Gasteiger partial charge on any atom is 0.241 e. The molecule has 0 saturated carbocycles. The Morgan fingerprint density at radius 1 is 1.59 bits per heavy atom. The van der Waals surface area contributed by atoms with E-state index in [1.54, 1.807) is 6.07 Å². The summed E-state index contributed by atoms with van der Waals surface area (Å²) in [5.74, 6) is 2.92. The number of ether oxygens (including phenoxy) is 1. The van der Waals surface area contributed by atoms with Crippen molar-refractivity contribution >= 4 is 15.7 Å². The van der Waals surface area contributed by atoms with Crippen LogP contribution in [0.25, 0.3) is 0 Å². The predicted octanol–water partition coefficient (Wildman–Crippen LogP) is 0.532. The number of anilines is 1. The van der Waals surface area contributed by atoms with Gasteiger partial charge in [-0.15, -0.1) is 6.42 Å². The first-order chi connectivity index (χ1) is 8.08. The Bertz CT molecular complexity index is 587. The van der Waals surface area contributed by atoms with E-state index in [9.17, 15) is 8.42 Å². The van der Waals surface area contributed by atoms with Gasteiger partial charge in [-0.05, 0) is 11.6 Å². The summed E-state index contributed by atoms with van der Waals surface area (Å²) in [4.78, 5) is 0.264. The van der Waals surface area contributed by atoms with Gasteiger partial charge >= 0.3 is 0 Å². The molecule has 1 aliphatic heterocycles. The molecule has 0 aliphatic carbocycles. The van der Waals surface area contributed by atoms with Crippen molar-refractivity contribution in [1.29, 1.82) is 0 Å². The third-order valence-corrected chi connectivity index (χ3v) is 3.99. The molecular weight excluding hydrogens is 240 g/mol. The maximum atomic E-state index is 11.6. The van der Waals surface area contributed by atoms with E-state index in [0.717, 1.165) is 0 Å². The lowest BCUT2D eigenvalue weighted by Crippen LogP contribution is -2.13. The molecule has 1 aromatic carbocycles. The summed E-state index contributed by atoms with van der Waals surface area (Å²) >= 11 is 0. The van der Waals surface area contributed by atoms with Gasteiger partial charge in [-0.25, -0.2) is 13.1 Å². The number of hydrogen-bond donors (Lipinski definition) is 2. The molecule has 5 nitrogen and oxygen atoms in total. The molecule has 0 fully saturated rings. The van der Waals surface area contributed by atoms with Crippen LogP contribution in [0, 0.1) is 12.3 Å². The number of sulfonamides is 1. The molecule has 0 unspecified atom stereocenters. The summed E-state index contributed by atoms with van der Waals surface area (Å²) in [6.45, 7) is 0.654. The highest BCUT2D eigenvalue weighted by Crippen LogP contribution is 2.33. The number of methoxy groups -OCH3 is 1. The van der Waals surface area contributed by atoms with E-state index < -0.39 is 10.0 Å². The van der Waals surface area contributed by atoms with E-state index in [4.69, 9.17) is 11.2 Å². The van der Waals surface area contributed by atoms with E-state index in [1.165, 1.54) is 13.2 Å². The number of rotatable bonds is 3. The van der Waals surface area contributed by atoms with Crippen molar-refractivity contribution < 1.29 is 13.2 Å². The number of terminal acetylenes is 1. The second kappa shape index (κ2) is 4.28. The van der Waals surface area contributed by atoms with E-state index in [2.05, 4.69) is 16.0 Å². The molecule has 1 aromatic rings.